The van der Waals surface area contributed by atoms with Crippen molar-refractivity contribution in [3.8, 4) is 0 Å². The molecule has 2 aliphatic rings. The SMILES string of the molecule is Fc1ccccc1N1CC2=C(CCN(Cc3cccnc3)C2)N1. The summed E-state index contributed by atoms with van der Waals surface area (Å²) in [6, 6.07) is 11.0. The molecule has 5 heteroatoms. The average molecular weight is 310 g/mol. The van der Waals surface area contributed by atoms with Crippen LogP contribution in [0.5, 0.6) is 0 Å². The number of halogens is 1. The van der Waals surface area contributed by atoms with Gasteiger partial charge in [0.05, 0.1) is 12.2 Å². The number of nitrogens with one attached hydrogen (secondary N) is 1. The van der Waals surface area contributed by atoms with Gasteiger partial charge in [-0.2, -0.15) is 0 Å². The molecule has 2 aromatic rings. The Labute approximate surface area is 135 Å². The highest BCUT2D eigenvalue weighted by Gasteiger charge is 2.28. The molecule has 1 N–H and O–H groups in total. The van der Waals surface area contributed by atoms with Crippen LogP contribution in [0.2, 0.25) is 0 Å². The number of aromatic nitrogens is 1. The molecule has 0 unspecified atom stereocenters. The van der Waals surface area contributed by atoms with E-state index in [0.29, 0.717) is 5.69 Å². The zero-order valence-electron chi connectivity index (χ0n) is 12.9. The Morgan fingerprint density at radius 2 is 2.04 bits per heavy atom. The molecule has 3 heterocycles. The maximum atomic E-state index is 14.0. The van der Waals surface area contributed by atoms with E-state index in [9.17, 15) is 4.39 Å². The van der Waals surface area contributed by atoms with Gasteiger partial charge in [0, 0.05) is 44.1 Å². The predicted molar refractivity (Wildman–Crippen MR) is 88.0 cm³/mol. The maximum Gasteiger partial charge on any atom is 0.148 e. The first-order valence-electron chi connectivity index (χ1n) is 7.90. The van der Waals surface area contributed by atoms with Gasteiger partial charge in [-0.1, -0.05) is 18.2 Å². The second-order valence-electron chi connectivity index (χ2n) is 6.05. The van der Waals surface area contributed by atoms with E-state index in [-0.39, 0.29) is 5.82 Å². The summed E-state index contributed by atoms with van der Waals surface area (Å²) in [6.45, 7) is 3.57. The van der Waals surface area contributed by atoms with E-state index in [2.05, 4.69) is 21.4 Å². The Hall–Kier alpha value is -2.40. The first kappa shape index (κ1) is 14.2. The molecule has 0 atom stereocenters. The van der Waals surface area contributed by atoms with Crippen LogP contribution in [0.1, 0.15) is 12.0 Å². The standard InChI is InChI=1S/C18H19FN4/c19-16-5-1-2-6-18(16)23-13-15-12-22(9-7-17(15)21-23)11-14-4-3-8-20-10-14/h1-6,8,10,21H,7,9,11-13H2. The predicted octanol–water partition coefficient (Wildman–Crippen LogP) is 2.71. The monoisotopic (exact) mass is 310 g/mol. The first-order chi connectivity index (χ1) is 11.3. The Morgan fingerprint density at radius 1 is 1.13 bits per heavy atom. The number of anilines is 1. The lowest BCUT2D eigenvalue weighted by atomic mass is 10.1. The number of para-hydroxylation sites is 1. The number of pyridine rings is 1. The van der Waals surface area contributed by atoms with E-state index in [0.717, 1.165) is 32.6 Å². The number of nitrogens with zero attached hydrogens (tertiary/aromatic N) is 3. The largest absolute Gasteiger partial charge is 0.302 e. The van der Waals surface area contributed by atoms with Crippen LogP contribution in [-0.2, 0) is 6.54 Å². The van der Waals surface area contributed by atoms with E-state index in [1.807, 2.05) is 29.4 Å². The fourth-order valence-corrected chi connectivity index (χ4v) is 3.27. The molecule has 0 radical (unpaired) electrons. The lowest BCUT2D eigenvalue weighted by Crippen LogP contribution is -2.33. The quantitative estimate of drug-likeness (QED) is 0.944. The van der Waals surface area contributed by atoms with Crippen LogP contribution >= 0.6 is 0 Å². The van der Waals surface area contributed by atoms with Crippen molar-refractivity contribution in [3.63, 3.8) is 0 Å². The van der Waals surface area contributed by atoms with Crippen molar-refractivity contribution in [2.45, 2.75) is 13.0 Å². The molecule has 4 rings (SSSR count). The van der Waals surface area contributed by atoms with Gasteiger partial charge in [0.15, 0.2) is 0 Å². The molecule has 1 aromatic heterocycles. The molecule has 23 heavy (non-hydrogen) atoms. The molecule has 1 aromatic carbocycles. The van der Waals surface area contributed by atoms with Crippen molar-refractivity contribution in [2.24, 2.45) is 0 Å². The number of hydrogen-bond acceptors (Lipinski definition) is 4. The van der Waals surface area contributed by atoms with Crippen molar-refractivity contribution in [2.75, 3.05) is 24.6 Å². The topological polar surface area (TPSA) is 31.4 Å². The molecule has 2 aliphatic heterocycles. The van der Waals surface area contributed by atoms with Crippen LogP contribution in [-0.4, -0.2) is 29.5 Å². The van der Waals surface area contributed by atoms with Gasteiger partial charge in [-0.15, -0.1) is 0 Å². The molecule has 0 aliphatic carbocycles. The summed E-state index contributed by atoms with van der Waals surface area (Å²) in [5.74, 6) is -0.188. The fourth-order valence-electron chi connectivity index (χ4n) is 3.27. The second kappa shape index (κ2) is 6.01. The smallest absolute Gasteiger partial charge is 0.148 e. The number of benzene rings is 1. The first-order valence-corrected chi connectivity index (χ1v) is 7.90. The van der Waals surface area contributed by atoms with Gasteiger partial charge < -0.3 is 5.43 Å². The molecule has 0 bridgehead atoms. The van der Waals surface area contributed by atoms with E-state index in [1.165, 1.54) is 22.9 Å². The van der Waals surface area contributed by atoms with Crippen molar-refractivity contribution < 1.29 is 4.39 Å². The van der Waals surface area contributed by atoms with Gasteiger partial charge in [0.1, 0.15) is 5.82 Å². The molecule has 0 saturated heterocycles. The van der Waals surface area contributed by atoms with Crippen LogP contribution < -0.4 is 10.4 Å². The summed E-state index contributed by atoms with van der Waals surface area (Å²) in [5.41, 5.74) is 7.81. The van der Waals surface area contributed by atoms with Crippen molar-refractivity contribution in [3.05, 3.63) is 71.4 Å². The minimum atomic E-state index is -0.188. The molecular formula is C18H19FN4. The summed E-state index contributed by atoms with van der Waals surface area (Å²) in [6.07, 6.45) is 4.69. The third-order valence-electron chi connectivity index (χ3n) is 4.41. The molecule has 4 nitrogen and oxygen atoms in total. The molecule has 0 fully saturated rings. The summed E-state index contributed by atoms with van der Waals surface area (Å²) in [7, 11) is 0. The Kier molecular flexibility index (Phi) is 3.71. The second-order valence-corrected chi connectivity index (χ2v) is 6.05. The summed E-state index contributed by atoms with van der Waals surface area (Å²) in [4.78, 5) is 6.60. The van der Waals surface area contributed by atoms with Crippen LogP contribution in [0.3, 0.4) is 0 Å². The highest BCUT2D eigenvalue weighted by molar-refractivity contribution is 5.51. The van der Waals surface area contributed by atoms with Crippen LogP contribution in [0, 0.1) is 5.82 Å². The van der Waals surface area contributed by atoms with Gasteiger partial charge in [0.2, 0.25) is 0 Å². The highest BCUT2D eigenvalue weighted by atomic mass is 19.1. The Morgan fingerprint density at radius 3 is 2.87 bits per heavy atom. The molecule has 118 valence electrons. The van der Waals surface area contributed by atoms with Gasteiger partial charge in [-0.25, -0.2) is 4.39 Å². The van der Waals surface area contributed by atoms with Crippen molar-refractivity contribution >= 4 is 5.69 Å². The normalized spacial score (nSPS) is 18.0. The van der Waals surface area contributed by atoms with Crippen LogP contribution in [0.4, 0.5) is 10.1 Å². The molecule has 0 spiro atoms. The van der Waals surface area contributed by atoms with Crippen molar-refractivity contribution in [1.82, 2.24) is 15.3 Å². The van der Waals surface area contributed by atoms with Gasteiger partial charge in [0.25, 0.3) is 0 Å². The Bertz CT molecular complexity index is 729. The van der Waals surface area contributed by atoms with E-state index >= 15 is 0 Å². The molecule has 0 saturated carbocycles. The number of rotatable bonds is 3. The third-order valence-corrected chi connectivity index (χ3v) is 4.41. The minimum Gasteiger partial charge on any atom is -0.302 e. The van der Waals surface area contributed by atoms with Gasteiger partial charge in [-0.05, 0) is 29.3 Å². The number of hydrazine groups is 1. The third kappa shape index (κ3) is 2.92. The fraction of sp³-hybridized carbons (Fsp3) is 0.278. The number of hydrogen-bond donors (Lipinski definition) is 1. The average Bonchev–Trinajstić information content (AvgIpc) is 2.99. The molecular weight excluding hydrogens is 291 g/mol. The maximum absolute atomic E-state index is 14.0. The van der Waals surface area contributed by atoms with E-state index < -0.39 is 0 Å². The Balaban J connectivity index is 1.44. The zero-order chi connectivity index (χ0) is 15.6. The van der Waals surface area contributed by atoms with Crippen LogP contribution in [0.25, 0.3) is 0 Å². The lowest BCUT2D eigenvalue weighted by Gasteiger charge is -2.27. The van der Waals surface area contributed by atoms with Crippen LogP contribution in [0.15, 0.2) is 60.1 Å². The van der Waals surface area contributed by atoms with Gasteiger partial charge >= 0.3 is 0 Å². The van der Waals surface area contributed by atoms with Gasteiger partial charge in [-0.3, -0.25) is 14.9 Å². The summed E-state index contributed by atoms with van der Waals surface area (Å²) in [5, 5.41) is 1.91. The lowest BCUT2D eigenvalue weighted by molar-refractivity contribution is 0.277. The highest BCUT2D eigenvalue weighted by Crippen LogP contribution is 2.28. The zero-order valence-corrected chi connectivity index (χ0v) is 12.9. The minimum absolute atomic E-state index is 0.188. The molecule has 0 amide bonds. The summed E-state index contributed by atoms with van der Waals surface area (Å²) >= 11 is 0. The summed E-state index contributed by atoms with van der Waals surface area (Å²) < 4.78 is 14.0. The van der Waals surface area contributed by atoms with E-state index in [4.69, 9.17) is 0 Å². The van der Waals surface area contributed by atoms with E-state index in [1.54, 1.807) is 12.3 Å². The van der Waals surface area contributed by atoms with Crippen molar-refractivity contribution in [1.29, 1.82) is 0 Å².